The zero-order chi connectivity index (χ0) is 10.8. The van der Waals surface area contributed by atoms with Crippen molar-refractivity contribution in [2.24, 2.45) is 0 Å². The van der Waals surface area contributed by atoms with Crippen LogP contribution in [0.5, 0.6) is 0 Å². The quantitative estimate of drug-likeness (QED) is 0.876. The van der Waals surface area contributed by atoms with Crippen molar-refractivity contribution in [3.05, 3.63) is 34.3 Å². The number of rotatable bonds is 2. The molecule has 1 heterocycles. The summed E-state index contributed by atoms with van der Waals surface area (Å²) in [5.41, 5.74) is 0.642. The van der Waals surface area contributed by atoms with E-state index >= 15 is 0 Å². The molecule has 6 heteroatoms. The maximum atomic E-state index is 10.6. The Morgan fingerprint density at radius 3 is 2.73 bits per heavy atom. The van der Waals surface area contributed by atoms with Crippen LogP contribution in [0.4, 0.5) is 0 Å². The van der Waals surface area contributed by atoms with Gasteiger partial charge in [0.2, 0.25) is 5.01 Å². The molecule has 1 aromatic heterocycles. The number of nitrogens with zero attached hydrogens (tertiary/aromatic N) is 2. The first-order chi connectivity index (χ1) is 7.18. The zero-order valence-corrected chi connectivity index (χ0v) is 8.92. The van der Waals surface area contributed by atoms with E-state index < -0.39 is 5.97 Å². The van der Waals surface area contributed by atoms with Crippen molar-refractivity contribution in [2.45, 2.75) is 0 Å². The van der Waals surface area contributed by atoms with Gasteiger partial charge in [0.15, 0.2) is 5.82 Å². The van der Waals surface area contributed by atoms with Crippen LogP contribution in [0.25, 0.3) is 11.4 Å². The van der Waals surface area contributed by atoms with Crippen LogP contribution in [0.2, 0.25) is 5.02 Å². The van der Waals surface area contributed by atoms with E-state index in [9.17, 15) is 4.79 Å². The van der Waals surface area contributed by atoms with Crippen LogP contribution in [0.1, 0.15) is 9.80 Å². The Kier molecular flexibility index (Phi) is 2.66. The summed E-state index contributed by atoms with van der Waals surface area (Å²) in [7, 11) is 0. The minimum Gasteiger partial charge on any atom is -0.476 e. The average Bonchev–Trinajstić information content (AvgIpc) is 2.67. The Morgan fingerprint density at radius 1 is 1.40 bits per heavy atom. The largest absolute Gasteiger partial charge is 0.476 e. The highest BCUT2D eigenvalue weighted by Crippen LogP contribution is 2.25. The molecule has 0 aliphatic heterocycles. The molecule has 0 saturated carbocycles. The molecule has 2 rings (SSSR count). The normalized spacial score (nSPS) is 10.2. The minimum absolute atomic E-state index is 0.0371. The number of carbonyl (C=O) groups is 1. The van der Waals surface area contributed by atoms with Crippen molar-refractivity contribution < 1.29 is 9.90 Å². The third kappa shape index (κ3) is 1.98. The van der Waals surface area contributed by atoms with E-state index in [1.165, 1.54) is 0 Å². The van der Waals surface area contributed by atoms with Crippen molar-refractivity contribution in [2.75, 3.05) is 0 Å². The van der Waals surface area contributed by atoms with Crippen molar-refractivity contribution in [1.29, 1.82) is 0 Å². The summed E-state index contributed by atoms with van der Waals surface area (Å²) in [6.07, 6.45) is 0. The molecule has 1 aromatic carbocycles. The fraction of sp³-hybridized carbons (Fsp3) is 0. The first-order valence-corrected chi connectivity index (χ1v) is 5.15. The molecule has 0 radical (unpaired) electrons. The number of benzene rings is 1. The second-order valence-electron chi connectivity index (χ2n) is 2.71. The Hall–Kier alpha value is -1.46. The van der Waals surface area contributed by atoms with E-state index in [1.807, 2.05) is 0 Å². The van der Waals surface area contributed by atoms with Gasteiger partial charge >= 0.3 is 5.97 Å². The van der Waals surface area contributed by atoms with Crippen LogP contribution in [0, 0.1) is 0 Å². The van der Waals surface area contributed by atoms with E-state index in [2.05, 4.69) is 9.36 Å². The summed E-state index contributed by atoms with van der Waals surface area (Å²) in [5, 5.41) is 9.16. The maximum absolute atomic E-state index is 10.6. The smallest absolute Gasteiger partial charge is 0.366 e. The predicted molar refractivity (Wildman–Crippen MR) is 57.3 cm³/mol. The van der Waals surface area contributed by atoms with E-state index in [1.54, 1.807) is 24.3 Å². The molecule has 1 N–H and O–H groups in total. The number of hydrogen-bond donors (Lipinski definition) is 1. The highest BCUT2D eigenvalue weighted by Gasteiger charge is 2.13. The third-order valence-corrected chi connectivity index (χ3v) is 2.76. The Balaban J connectivity index is 2.46. The van der Waals surface area contributed by atoms with Gasteiger partial charge in [0.1, 0.15) is 0 Å². The van der Waals surface area contributed by atoms with Gasteiger partial charge in [-0.15, -0.1) is 0 Å². The molecule has 0 atom stereocenters. The van der Waals surface area contributed by atoms with Gasteiger partial charge < -0.3 is 5.11 Å². The topological polar surface area (TPSA) is 63.1 Å². The lowest BCUT2D eigenvalue weighted by atomic mass is 10.2. The standard InChI is InChI=1S/C9H5ClN2O2S/c10-6-4-2-1-3-5(6)7-11-8(9(13)14)15-12-7/h1-4H,(H,13,14). The Labute approximate surface area is 94.3 Å². The fourth-order valence-electron chi connectivity index (χ4n) is 1.06. The molecule has 0 amide bonds. The lowest BCUT2D eigenvalue weighted by Crippen LogP contribution is -1.94. The summed E-state index contributed by atoms with van der Waals surface area (Å²) in [4.78, 5) is 14.5. The molecule has 15 heavy (non-hydrogen) atoms. The molecule has 0 unspecified atom stereocenters. The van der Waals surface area contributed by atoms with Crippen LogP contribution in [0.3, 0.4) is 0 Å². The zero-order valence-electron chi connectivity index (χ0n) is 7.35. The van der Waals surface area contributed by atoms with Crippen molar-refractivity contribution in [3.63, 3.8) is 0 Å². The van der Waals surface area contributed by atoms with Gasteiger partial charge in [-0.25, -0.2) is 9.78 Å². The summed E-state index contributed by atoms with van der Waals surface area (Å²) in [6.45, 7) is 0. The van der Waals surface area contributed by atoms with Gasteiger partial charge in [-0.05, 0) is 23.7 Å². The molecule has 0 bridgehead atoms. The van der Waals surface area contributed by atoms with E-state index in [4.69, 9.17) is 16.7 Å². The maximum Gasteiger partial charge on any atom is 0.366 e. The first-order valence-electron chi connectivity index (χ1n) is 4.00. The van der Waals surface area contributed by atoms with Crippen molar-refractivity contribution >= 4 is 29.1 Å². The van der Waals surface area contributed by atoms with Crippen LogP contribution in [-0.4, -0.2) is 20.4 Å². The van der Waals surface area contributed by atoms with Gasteiger partial charge in [-0.2, -0.15) is 4.37 Å². The van der Waals surface area contributed by atoms with Crippen LogP contribution >= 0.6 is 23.1 Å². The van der Waals surface area contributed by atoms with Gasteiger partial charge in [0, 0.05) is 5.56 Å². The molecular weight excluding hydrogens is 236 g/mol. The molecule has 0 aliphatic rings. The van der Waals surface area contributed by atoms with E-state index in [0.717, 1.165) is 11.5 Å². The van der Waals surface area contributed by atoms with Crippen LogP contribution in [0.15, 0.2) is 24.3 Å². The van der Waals surface area contributed by atoms with E-state index in [-0.39, 0.29) is 5.01 Å². The second-order valence-corrected chi connectivity index (χ2v) is 3.87. The lowest BCUT2D eigenvalue weighted by molar-refractivity contribution is 0.0696. The molecule has 0 spiro atoms. The average molecular weight is 241 g/mol. The van der Waals surface area contributed by atoms with Gasteiger partial charge in [-0.1, -0.05) is 23.7 Å². The number of carboxylic acid groups (broad SMARTS) is 1. The first kappa shape index (κ1) is 10.1. The Morgan fingerprint density at radius 2 is 2.13 bits per heavy atom. The van der Waals surface area contributed by atoms with Crippen molar-refractivity contribution in [3.8, 4) is 11.4 Å². The Bertz CT molecular complexity index is 512. The number of halogens is 1. The van der Waals surface area contributed by atoms with Crippen molar-refractivity contribution in [1.82, 2.24) is 9.36 Å². The fourth-order valence-corrected chi connectivity index (χ4v) is 1.80. The van der Waals surface area contributed by atoms with Gasteiger partial charge in [-0.3, -0.25) is 0 Å². The third-order valence-electron chi connectivity index (χ3n) is 1.72. The molecule has 2 aromatic rings. The molecule has 4 nitrogen and oxygen atoms in total. The number of aromatic carboxylic acids is 1. The summed E-state index contributed by atoms with van der Waals surface area (Å²) < 4.78 is 3.93. The highest BCUT2D eigenvalue weighted by atomic mass is 35.5. The number of hydrogen-bond acceptors (Lipinski definition) is 4. The van der Waals surface area contributed by atoms with Crippen LogP contribution in [-0.2, 0) is 0 Å². The minimum atomic E-state index is -1.08. The second kappa shape index (κ2) is 3.96. The number of carboxylic acids is 1. The SMILES string of the molecule is O=C(O)c1nc(-c2ccccc2Cl)ns1. The molecule has 76 valence electrons. The van der Waals surface area contributed by atoms with Crippen LogP contribution < -0.4 is 0 Å². The van der Waals surface area contributed by atoms with Gasteiger partial charge in [0.25, 0.3) is 0 Å². The monoisotopic (exact) mass is 240 g/mol. The summed E-state index contributed by atoms with van der Waals surface area (Å²) in [5.74, 6) is -0.728. The molecular formula is C9H5ClN2O2S. The predicted octanol–water partition coefficient (Wildman–Crippen LogP) is 2.56. The lowest BCUT2D eigenvalue weighted by Gasteiger charge is -1.96. The van der Waals surface area contributed by atoms with Gasteiger partial charge in [0.05, 0.1) is 5.02 Å². The molecule has 0 saturated heterocycles. The molecule has 0 aliphatic carbocycles. The summed E-state index contributed by atoms with van der Waals surface area (Å²) >= 11 is 6.77. The molecule has 0 fully saturated rings. The summed E-state index contributed by atoms with van der Waals surface area (Å²) in [6, 6.07) is 7.04. The number of aromatic nitrogens is 2. The van der Waals surface area contributed by atoms with E-state index in [0.29, 0.717) is 16.4 Å². The highest BCUT2D eigenvalue weighted by molar-refractivity contribution is 7.07.